The molecule has 1 atom stereocenters. The molecular formula is C21H25ClN2O5S. The van der Waals surface area contributed by atoms with Crippen LogP contribution in [0.25, 0.3) is 0 Å². The summed E-state index contributed by atoms with van der Waals surface area (Å²) in [6.45, 7) is 0.884. The summed E-state index contributed by atoms with van der Waals surface area (Å²) in [6.07, 6.45) is 1.26. The Hall–Kier alpha value is -2.29. The van der Waals surface area contributed by atoms with E-state index in [0.29, 0.717) is 31.7 Å². The number of amides is 1. The van der Waals surface area contributed by atoms with Crippen LogP contribution in [0.2, 0.25) is 5.02 Å². The molecule has 3 rings (SSSR count). The van der Waals surface area contributed by atoms with Crippen LogP contribution in [-0.4, -0.2) is 45.9 Å². The molecule has 1 amide bonds. The van der Waals surface area contributed by atoms with E-state index in [9.17, 15) is 13.2 Å². The average Bonchev–Trinajstić information content (AvgIpc) is 2.77. The summed E-state index contributed by atoms with van der Waals surface area (Å²) >= 11 is 6.09. The number of hydrogen-bond donors (Lipinski definition) is 1. The molecule has 1 saturated heterocycles. The lowest BCUT2D eigenvalue weighted by Crippen LogP contribution is -2.45. The van der Waals surface area contributed by atoms with Crippen molar-refractivity contribution in [2.75, 3.05) is 27.3 Å². The Morgan fingerprint density at radius 1 is 1.17 bits per heavy atom. The van der Waals surface area contributed by atoms with E-state index in [0.717, 1.165) is 11.3 Å². The zero-order chi connectivity index (χ0) is 21.7. The lowest BCUT2D eigenvalue weighted by Gasteiger charge is -2.31. The van der Waals surface area contributed by atoms with Gasteiger partial charge in [0.25, 0.3) is 0 Å². The van der Waals surface area contributed by atoms with Gasteiger partial charge in [0.15, 0.2) is 0 Å². The largest absolute Gasteiger partial charge is 0.497 e. The van der Waals surface area contributed by atoms with Gasteiger partial charge in [0.1, 0.15) is 11.5 Å². The smallest absolute Gasteiger partial charge is 0.243 e. The predicted molar refractivity (Wildman–Crippen MR) is 114 cm³/mol. The number of rotatable bonds is 7. The van der Waals surface area contributed by atoms with E-state index in [-0.39, 0.29) is 22.4 Å². The summed E-state index contributed by atoms with van der Waals surface area (Å²) in [5.41, 5.74) is 0.942. The third-order valence-corrected chi connectivity index (χ3v) is 7.30. The van der Waals surface area contributed by atoms with Gasteiger partial charge < -0.3 is 14.8 Å². The van der Waals surface area contributed by atoms with Crippen LogP contribution in [0, 0.1) is 5.92 Å². The molecule has 0 radical (unpaired) electrons. The number of carbonyl (C=O) groups excluding carboxylic acids is 1. The van der Waals surface area contributed by atoms with Crippen LogP contribution in [-0.2, 0) is 21.4 Å². The van der Waals surface area contributed by atoms with Gasteiger partial charge in [-0.3, -0.25) is 4.79 Å². The summed E-state index contributed by atoms with van der Waals surface area (Å²) in [5.74, 6) is 0.598. The van der Waals surface area contributed by atoms with Crippen molar-refractivity contribution in [2.24, 2.45) is 5.92 Å². The fourth-order valence-electron chi connectivity index (χ4n) is 3.41. The summed E-state index contributed by atoms with van der Waals surface area (Å²) in [6, 6.07) is 11.8. The zero-order valence-electron chi connectivity index (χ0n) is 16.9. The second-order valence-electron chi connectivity index (χ2n) is 7.06. The number of benzene rings is 2. The molecule has 0 aliphatic carbocycles. The summed E-state index contributed by atoms with van der Waals surface area (Å²) < 4.78 is 37.6. The van der Waals surface area contributed by atoms with E-state index in [1.54, 1.807) is 7.11 Å². The minimum absolute atomic E-state index is 0.0904. The van der Waals surface area contributed by atoms with Crippen LogP contribution >= 0.6 is 11.6 Å². The van der Waals surface area contributed by atoms with Gasteiger partial charge in [-0.15, -0.1) is 0 Å². The highest BCUT2D eigenvalue weighted by Crippen LogP contribution is 2.30. The second-order valence-corrected chi connectivity index (χ2v) is 9.41. The van der Waals surface area contributed by atoms with Crippen molar-refractivity contribution in [3.8, 4) is 11.5 Å². The number of hydrogen-bond acceptors (Lipinski definition) is 5. The maximum absolute atomic E-state index is 13.0. The number of carbonyl (C=O) groups is 1. The summed E-state index contributed by atoms with van der Waals surface area (Å²) in [7, 11) is -0.687. The summed E-state index contributed by atoms with van der Waals surface area (Å²) in [5, 5.41) is 3.13. The molecule has 1 aliphatic heterocycles. The molecule has 1 heterocycles. The molecule has 1 N–H and O–H groups in total. The molecule has 0 bridgehead atoms. The topological polar surface area (TPSA) is 84.9 Å². The van der Waals surface area contributed by atoms with Crippen LogP contribution in [0.15, 0.2) is 47.4 Å². The highest BCUT2D eigenvalue weighted by atomic mass is 35.5. The van der Waals surface area contributed by atoms with Gasteiger partial charge >= 0.3 is 0 Å². The Balaban J connectivity index is 1.64. The first-order chi connectivity index (χ1) is 14.3. The molecule has 0 unspecified atom stereocenters. The second kappa shape index (κ2) is 9.68. The number of ether oxygens (including phenoxy) is 2. The first-order valence-corrected chi connectivity index (χ1v) is 11.4. The third-order valence-electron chi connectivity index (χ3n) is 5.14. The standard InChI is InChI=1S/C21H25ClN2O5S/c1-28-17-7-5-15(6-8-17)13-23-21(25)16-4-3-11-24(14-16)30(26,27)18-9-10-20(29-2)19(22)12-18/h5-10,12,16H,3-4,11,13-14H2,1-2H3,(H,23,25)/t16-/m1/s1. The quantitative estimate of drug-likeness (QED) is 0.697. The Bertz CT molecular complexity index is 995. The molecule has 0 spiro atoms. The van der Waals surface area contributed by atoms with Crippen molar-refractivity contribution in [1.29, 1.82) is 0 Å². The maximum atomic E-state index is 13.0. The normalized spacial score (nSPS) is 17.4. The number of sulfonamides is 1. The minimum Gasteiger partial charge on any atom is -0.497 e. The van der Waals surface area contributed by atoms with Crippen molar-refractivity contribution in [1.82, 2.24) is 9.62 Å². The van der Waals surface area contributed by atoms with E-state index in [4.69, 9.17) is 21.1 Å². The number of nitrogens with zero attached hydrogens (tertiary/aromatic N) is 1. The third kappa shape index (κ3) is 5.06. The molecule has 30 heavy (non-hydrogen) atoms. The zero-order valence-corrected chi connectivity index (χ0v) is 18.5. The molecule has 9 heteroatoms. The van der Waals surface area contributed by atoms with Crippen molar-refractivity contribution in [2.45, 2.75) is 24.3 Å². The van der Waals surface area contributed by atoms with Gasteiger partial charge in [-0.25, -0.2) is 8.42 Å². The van der Waals surface area contributed by atoms with E-state index >= 15 is 0 Å². The van der Waals surface area contributed by atoms with Crippen LogP contribution in [0.1, 0.15) is 18.4 Å². The average molecular weight is 453 g/mol. The van der Waals surface area contributed by atoms with Gasteiger partial charge in [0.05, 0.1) is 30.1 Å². The Morgan fingerprint density at radius 2 is 1.90 bits per heavy atom. The van der Waals surface area contributed by atoms with Gasteiger partial charge in [-0.2, -0.15) is 4.31 Å². The molecule has 2 aromatic rings. The van der Waals surface area contributed by atoms with Gasteiger partial charge in [-0.1, -0.05) is 23.7 Å². The van der Waals surface area contributed by atoms with E-state index in [1.165, 1.54) is 29.6 Å². The molecule has 7 nitrogen and oxygen atoms in total. The first-order valence-electron chi connectivity index (χ1n) is 9.59. The minimum atomic E-state index is -3.75. The van der Waals surface area contributed by atoms with Crippen molar-refractivity contribution in [3.05, 3.63) is 53.1 Å². The monoisotopic (exact) mass is 452 g/mol. The number of piperidine rings is 1. The van der Waals surface area contributed by atoms with E-state index in [1.807, 2.05) is 24.3 Å². The SMILES string of the molecule is COc1ccc(CNC(=O)[C@@H]2CCCN(S(=O)(=O)c3ccc(OC)c(Cl)c3)C2)cc1. The van der Waals surface area contributed by atoms with Crippen LogP contribution in [0.5, 0.6) is 11.5 Å². The van der Waals surface area contributed by atoms with Crippen LogP contribution in [0.3, 0.4) is 0 Å². The fraction of sp³-hybridized carbons (Fsp3) is 0.381. The van der Waals surface area contributed by atoms with Crippen LogP contribution < -0.4 is 14.8 Å². The fourth-order valence-corrected chi connectivity index (χ4v) is 5.28. The van der Waals surface area contributed by atoms with Crippen molar-refractivity contribution in [3.63, 3.8) is 0 Å². The Morgan fingerprint density at radius 3 is 2.53 bits per heavy atom. The lowest BCUT2D eigenvalue weighted by atomic mass is 9.99. The van der Waals surface area contributed by atoms with Crippen molar-refractivity contribution < 1.29 is 22.7 Å². The van der Waals surface area contributed by atoms with Crippen LogP contribution in [0.4, 0.5) is 0 Å². The molecule has 0 saturated carbocycles. The summed E-state index contributed by atoms with van der Waals surface area (Å²) in [4.78, 5) is 12.7. The molecule has 1 fully saturated rings. The number of nitrogens with one attached hydrogen (secondary N) is 1. The predicted octanol–water partition coefficient (Wildman–Crippen LogP) is 3.07. The Kier molecular flexibility index (Phi) is 7.23. The number of halogens is 1. The maximum Gasteiger partial charge on any atom is 0.243 e. The molecular weight excluding hydrogens is 428 g/mol. The molecule has 1 aliphatic rings. The molecule has 2 aromatic carbocycles. The molecule has 0 aromatic heterocycles. The Labute approximate surface area is 182 Å². The number of methoxy groups -OCH3 is 2. The van der Waals surface area contributed by atoms with Gasteiger partial charge in [0, 0.05) is 19.6 Å². The highest BCUT2D eigenvalue weighted by molar-refractivity contribution is 7.89. The van der Waals surface area contributed by atoms with Gasteiger partial charge in [0.2, 0.25) is 15.9 Å². The molecule has 162 valence electrons. The highest BCUT2D eigenvalue weighted by Gasteiger charge is 2.33. The van der Waals surface area contributed by atoms with Crippen molar-refractivity contribution >= 4 is 27.5 Å². The van der Waals surface area contributed by atoms with E-state index in [2.05, 4.69) is 5.32 Å². The first kappa shape index (κ1) is 22.4. The lowest BCUT2D eigenvalue weighted by molar-refractivity contribution is -0.126. The van der Waals surface area contributed by atoms with E-state index < -0.39 is 15.9 Å². The van der Waals surface area contributed by atoms with Gasteiger partial charge in [-0.05, 0) is 48.7 Å².